The summed E-state index contributed by atoms with van der Waals surface area (Å²) in [7, 11) is 1.66. The number of benzene rings is 2. The maximum absolute atomic E-state index is 5.57. The van der Waals surface area contributed by atoms with Gasteiger partial charge in [0.2, 0.25) is 0 Å². The zero-order valence-corrected chi connectivity index (χ0v) is 12.9. The van der Waals surface area contributed by atoms with Crippen LogP contribution in [0.2, 0.25) is 0 Å². The number of ether oxygens (including phenoxy) is 3. The van der Waals surface area contributed by atoms with Crippen molar-refractivity contribution >= 4 is 0 Å². The van der Waals surface area contributed by atoms with Crippen molar-refractivity contribution in [2.45, 2.75) is 13.2 Å². The molecule has 0 unspecified atom stereocenters. The highest BCUT2D eigenvalue weighted by Crippen LogP contribution is 2.11. The van der Waals surface area contributed by atoms with Gasteiger partial charge in [-0.2, -0.15) is 0 Å². The van der Waals surface area contributed by atoms with E-state index in [0.29, 0.717) is 26.4 Å². The molecule has 3 heteroatoms. The molecule has 2 rings (SSSR count). The van der Waals surface area contributed by atoms with E-state index in [-0.39, 0.29) is 0 Å². The molecule has 0 aliphatic heterocycles. The largest absolute Gasteiger partial charge is 0.497 e. The minimum Gasteiger partial charge on any atom is -0.497 e. The smallest absolute Gasteiger partial charge is 0.118 e. The highest BCUT2D eigenvalue weighted by atomic mass is 16.5. The second-order valence-electron chi connectivity index (χ2n) is 4.84. The lowest BCUT2D eigenvalue weighted by molar-refractivity contribution is 0.140. The standard InChI is InChI=1S/C19H22O3/c1-20-19-11-9-18(10-12-19)16-22-14-6-5-13-21-15-17-7-3-2-4-8-17/h2-12H,13-16H2,1H3/b6-5-. The lowest BCUT2D eigenvalue weighted by atomic mass is 10.2. The Bertz CT molecular complexity index is 547. The molecule has 0 aliphatic carbocycles. The molecule has 0 fully saturated rings. The topological polar surface area (TPSA) is 27.7 Å². The van der Waals surface area contributed by atoms with Crippen LogP contribution in [-0.2, 0) is 22.7 Å². The Kier molecular flexibility index (Phi) is 7.22. The summed E-state index contributed by atoms with van der Waals surface area (Å²) in [5.74, 6) is 0.860. The van der Waals surface area contributed by atoms with Crippen molar-refractivity contribution in [2.75, 3.05) is 20.3 Å². The van der Waals surface area contributed by atoms with E-state index >= 15 is 0 Å². The van der Waals surface area contributed by atoms with Gasteiger partial charge in [0.25, 0.3) is 0 Å². The average Bonchev–Trinajstić information content (AvgIpc) is 2.59. The molecule has 0 bridgehead atoms. The second-order valence-corrected chi connectivity index (χ2v) is 4.84. The molecule has 0 radical (unpaired) electrons. The first-order valence-corrected chi connectivity index (χ1v) is 7.36. The summed E-state index contributed by atoms with van der Waals surface area (Å²) in [6.07, 6.45) is 3.96. The van der Waals surface area contributed by atoms with Crippen LogP contribution in [0, 0.1) is 0 Å². The number of methoxy groups -OCH3 is 1. The Hall–Kier alpha value is -2.10. The van der Waals surface area contributed by atoms with Crippen LogP contribution in [0.15, 0.2) is 66.7 Å². The van der Waals surface area contributed by atoms with Crippen LogP contribution in [0.3, 0.4) is 0 Å². The van der Waals surface area contributed by atoms with E-state index in [2.05, 4.69) is 12.1 Å². The number of hydrogen-bond acceptors (Lipinski definition) is 3. The van der Waals surface area contributed by atoms with Gasteiger partial charge in [-0.3, -0.25) is 0 Å². The lowest BCUT2D eigenvalue weighted by Gasteiger charge is -2.04. The minimum absolute atomic E-state index is 0.584. The highest BCUT2D eigenvalue weighted by Gasteiger charge is 1.94. The van der Waals surface area contributed by atoms with Gasteiger partial charge in [-0.25, -0.2) is 0 Å². The van der Waals surface area contributed by atoms with E-state index in [1.54, 1.807) is 7.11 Å². The molecule has 3 nitrogen and oxygen atoms in total. The minimum atomic E-state index is 0.584. The van der Waals surface area contributed by atoms with Gasteiger partial charge in [0, 0.05) is 0 Å². The summed E-state index contributed by atoms with van der Waals surface area (Å²) >= 11 is 0. The van der Waals surface area contributed by atoms with Gasteiger partial charge in [-0.1, -0.05) is 54.6 Å². The van der Waals surface area contributed by atoms with Crippen molar-refractivity contribution in [3.63, 3.8) is 0 Å². The molecule has 0 atom stereocenters. The summed E-state index contributed by atoms with van der Waals surface area (Å²) < 4.78 is 16.2. The third-order valence-electron chi connectivity index (χ3n) is 3.13. The second kappa shape index (κ2) is 9.77. The Morgan fingerprint density at radius 2 is 1.27 bits per heavy atom. The van der Waals surface area contributed by atoms with Gasteiger partial charge in [-0.05, 0) is 23.3 Å². The molecule has 2 aromatic carbocycles. The van der Waals surface area contributed by atoms with Crippen LogP contribution < -0.4 is 4.74 Å². The van der Waals surface area contributed by atoms with E-state index in [4.69, 9.17) is 14.2 Å². The molecule has 0 spiro atoms. The van der Waals surface area contributed by atoms with Crippen LogP contribution in [0.1, 0.15) is 11.1 Å². The molecule has 2 aromatic rings. The summed E-state index contributed by atoms with van der Waals surface area (Å²) in [6.45, 7) is 2.42. The monoisotopic (exact) mass is 298 g/mol. The number of rotatable bonds is 9. The van der Waals surface area contributed by atoms with E-state index in [9.17, 15) is 0 Å². The quantitative estimate of drug-likeness (QED) is 0.517. The Balaban J connectivity index is 1.54. The van der Waals surface area contributed by atoms with Crippen LogP contribution >= 0.6 is 0 Å². The predicted molar refractivity (Wildman–Crippen MR) is 87.9 cm³/mol. The fourth-order valence-corrected chi connectivity index (χ4v) is 1.92. The Morgan fingerprint density at radius 3 is 1.82 bits per heavy atom. The highest BCUT2D eigenvalue weighted by molar-refractivity contribution is 5.26. The SMILES string of the molecule is COc1ccc(COC/C=C\COCc2ccccc2)cc1. The third-order valence-corrected chi connectivity index (χ3v) is 3.13. The predicted octanol–water partition coefficient (Wildman–Crippen LogP) is 3.98. The average molecular weight is 298 g/mol. The van der Waals surface area contributed by atoms with Gasteiger partial charge < -0.3 is 14.2 Å². The van der Waals surface area contributed by atoms with Gasteiger partial charge in [-0.15, -0.1) is 0 Å². The van der Waals surface area contributed by atoms with E-state index in [1.807, 2.05) is 54.6 Å². The molecule has 0 amide bonds. The maximum Gasteiger partial charge on any atom is 0.118 e. The first kappa shape index (κ1) is 16.3. The fourth-order valence-electron chi connectivity index (χ4n) is 1.92. The zero-order chi connectivity index (χ0) is 15.5. The van der Waals surface area contributed by atoms with Crippen molar-refractivity contribution < 1.29 is 14.2 Å². The maximum atomic E-state index is 5.57. The fraction of sp³-hybridized carbons (Fsp3) is 0.263. The summed E-state index contributed by atoms with van der Waals surface area (Å²) in [6, 6.07) is 18.0. The van der Waals surface area contributed by atoms with Crippen molar-refractivity contribution in [3.05, 3.63) is 77.9 Å². The Morgan fingerprint density at radius 1 is 0.727 bits per heavy atom. The molecule has 22 heavy (non-hydrogen) atoms. The molecule has 0 aliphatic rings. The van der Waals surface area contributed by atoms with Gasteiger partial charge in [0.1, 0.15) is 5.75 Å². The first-order valence-electron chi connectivity index (χ1n) is 7.36. The molecular weight excluding hydrogens is 276 g/mol. The van der Waals surface area contributed by atoms with Crippen LogP contribution in [0.4, 0.5) is 0 Å². The molecular formula is C19H22O3. The van der Waals surface area contributed by atoms with Crippen molar-refractivity contribution in [2.24, 2.45) is 0 Å². The van der Waals surface area contributed by atoms with Gasteiger partial charge >= 0.3 is 0 Å². The molecule has 116 valence electrons. The number of hydrogen-bond donors (Lipinski definition) is 0. The van der Waals surface area contributed by atoms with Crippen molar-refractivity contribution in [1.82, 2.24) is 0 Å². The summed E-state index contributed by atoms with van der Waals surface area (Å²) in [5.41, 5.74) is 2.32. The van der Waals surface area contributed by atoms with Crippen molar-refractivity contribution in [3.8, 4) is 5.75 Å². The molecule has 0 saturated heterocycles. The molecule has 0 N–H and O–H groups in total. The third kappa shape index (κ3) is 6.12. The molecule has 0 aromatic heterocycles. The Labute approximate surface area is 132 Å². The zero-order valence-electron chi connectivity index (χ0n) is 12.9. The first-order chi connectivity index (χ1) is 10.9. The molecule has 0 saturated carbocycles. The molecule has 0 heterocycles. The van der Waals surface area contributed by atoms with Crippen molar-refractivity contribution in [1.29, 1.82) is 0 Å². The summed E-state index contributed by atoms with van der Waals surface area (Å²) in [5, 5.41) is 0. The lowest BCUT2D eigenvalue weighted by Crippen LogP contribution is -1.95. The van der Waals surface area contributed by atoms with E-state index in [0.717, 1.165) is 11.3 Å². The summed E-state index contributed by atoms with van der Waals surface area (Å²) in [4.78, 5) is 0. The van der Waals surface area contributed by atoms with Crippen LogP contribution in [0.25, 0.3) is 0 Å². The van der Waals surface area contributed by atoms with Crippen LogP contribution in [-0.4, -0.2) is 20.3 Å². The van der Waals surface area contributed by atoms with E-state index in [1.165, 1.54) is 5.56 Å². The van der Waals surface area contributed by atoms with Gasteiger partial charge in [0.15, 0.2) is 0 Å². The van der Waals surface area contributed by atoms with Gasteiger partial charge in [0.05, 0.1) is 33.5 Å². The van der Waals surface area contributed by atoms with Crippen LogP contribution in [0.5, 0.6) is 5.75 Å². The van der Waals surface area contributed by atoms with E-state index < -0.39 is 0 Å². The normalized spacial score (nSPS) is 11.0.